The highest BCUT2D eigenvalue weighted by atomic mass is 19.4. The summed E-state index contributed by atoms with van der Waals surface area (Å²) in [4.78, 5) is 0. The molecule has 0 radical (unpaired) electrons. The number of halogens is 12. The Morgan fingerprint density at radius 1 is 0.350 bits per heavy atom. The van der Waals surface area contributed by atoms with Gasteiger partial charge >= 0.3 is 24.7 Å². The van der Waals surface area contributed by atoms with Gasteiger partial charge in [0.1, 0.15) is 0 Å². The highest BCUT2D eigenvalue weighted by Gasteiger charge is 2.36. The molecule has 8 rings (SSSR count). The number of fused-ring (bicyclic) bond motifs is 6. The quantitative estimate of drug-likeness (QED) is 0.166. The zero-order chi connectivity index (χ0) is 43.3. The van der Waals surface area contributed by atoms with E-state index in [0.29, 0.717) is 48.5 Å². The second-order valence-corrected chi connectivity index (χ2v) is 13.6. The van der Waals surface area contributed by atoms with Crippen LogP contribution in [0.5, 0.6) is 0 Å². The third-order valence-electron chi connectivity index (χ3n) is 10.0. The molecule has 0 fully saturated rings. The minimum absolute atomic E-state index is 0.00780. The van der Waals surface area contributed by atoms with Crippen molar-refractivity contribution in [3.63, 3.8) is 0 Å². The van der Waals surface area contributed by atoms with Gasteiger partial charge in [0.2, 0.25) is 0 Å². The fourth-order valence-corrected chi connectivity index (χ4v) is 7.49. The van der Waals surface area contributed by atoms with E-state index < -0.39 is 47.0 Å². The Labute approximate surface area is 328 Å². The molecule has 2 aromatic heterocycles. The first-order chi connectivity index (χ1) is 28.1. The van der Waals surface area contributed by atoms with Gasteiger partial charge in [-0.3, -0.25) is 0 Å². The second kappa shape index (κ2) is 13.3. The molecule has 8 aromatic rings. The molecule has 0 spiro atoms. The van der Waals surface area contributed by atoms with Crippen LogP contribution >= 0.6 is 0 Å². The largest absolute Gasteiger partial charge is 0.416 e. The minimum Gasteiger partial charge on any atom is -0.308 e. The normalized spacial score (nSPS) is 12.6. The minimum atomic E-state index is -4.99. The summed E-state index contributed by atoms with van der Waals surface area (Å²) in [5, 5.41) is 30.3. The van der Waals surface area contributed by atoms with E-state index in [0.717, 1.165) is 51.6 Å². The molecule has 0 atom stereocenters. The molecule has 0 unspecified atom stereocenters. The maximum atomic E-state index is 14.3. The van der Waals surface area contributed by atoms with Crippen LogP contribution < -0.4 is 0 Å². The summed E-state index contributed by atoms with van der Waals surface area (Å²) in [6, 6.07) is 20.6. The molecule has 0 aliphatic carbocycles. The van der Waals surface area contributed by atoms with Crippen LogP contribution in [0.1, 0.15) is 38.9 Å². The standard InChI is InChI=1S/C43H17F12N5/c44-40(45,46)25-1-5-29-30-6-2-26(41(47,48)49)15-34(30)59(33(29)14-25)37-12-23(20-58)13-38(39(37)24-10-21(18-56)9-22(11-24)19-57)60-35-16-27(42(50,51)52)3-7-31(35)32-8-4-28(17-36(32)60)43(53,54)55/h1-17H. The van der Waals surface area contributed by atoms with E-state index in [1.54, 1.807) is 0 Å². The van der Waals surface area contributed by atoms with Gasteiger partial charge in [-0.05, 0) is 84.4 Å². The van der Waals surface area contributed by atoms with E-state index in [1.165, 1.54) is 12.1 Å². The van der Waals surface area contributed by atoms with Gasteiger partial charge in [0.05, 0.1) is 90.6 Å². The van der Waals surface area contributed by atoms with Crippen molar-refractivity contribution in [2.24, 2.45) is 0 Å². The molecule has 0 N–H and O–H groups in total. The van der Waals surface area contributed by atoms with Gasteiger partial charge in [0.25, 0.3) is 0 Å². The number of hydrogen-bond acceptors (Lipinski definition) is 3. The lowest BCUT2D eigenvalue weighted by Crippen LogP contribution is -2.09. The van der Waals surface area contributed by atoms with E-state index >= 15 is 0 Å². The second-order valence-electron chi connectivity index (χ2n) is 13.6. The predicted molar refractivity (Wildman–Crippen MR) is 195 cm³/mol. The molecule has 0 bridgehead atoms. The van der Waals surface area contributed by atoms with Crippen LogP contribution in [-0.2, 0) is 24.7 Å². The number of rotatable bonds is 3. The zero-order valence-corrected chi connectivity index (χ0v) is 29.6. The third kappa shape index (κ3) is 6.47. The first-order valence-electron chi connectivity index (χ1n) is 17.1. The summed E-state index contributed by atoms with van der Waals surface area (Å²) in [6.07, 6.45) is -20.0. The van der Waals surface area contributed by atoms with Crippen molar-refractivity contribution in [1.29, 1.82) is 15.8 Å². The van der Waals surface area contributed by atoms with E-state index in [4.69, 9.17) is 0 Å². The van der Waals surface area contributed by atoms with E-state index in [-0.39, 0.29) is 82.8 Å². The van der Waals surface area contributed by atoms with Gasteiger partial charge in [-0.2, -0.15) is 68.5 Å². The monoisotopic (exact) mass is 831 g/mol. The topological polar surface area (TPSA) is 81.2 Å². The number of hydrogen-bond donors (Lipinski definition) is 0. The molecule has 0 saturated heterocycles. The van der Waals surface area contributed by atoms with Gasteiger partial charge in [-0.1, -0.05) is 24.3 Å². The van der Waals surface area contributed by atoms with Crippen molar-refractivity contribution in [3.8, 4) is 40.7 Å². The van der Waals surface area contributed by atoms with Gasteiger partial charge in [-0.15, -0.1) is 0 Å². The first kappa shape index (κ1) is 39.4. The maximum Gasteiger partial charge on any atom is 0.416 e. The lowest BCUT2D eigenvalue weighted by molar-refractivity contribution is -0.138. The van der Waals surface area contributed by atoms with E-state index in [1.807, 2.05) is 18.2 Å². The molecule has 0 amide bonds. The van der Waals surface area contributed by atoms with Crippen LogP contribution in [0.2, 0.25) is 0 Å². The van der Waals surface area contributed by atoms with E-state index in [2.05, 4.69) is 0 Å². The van der Waals surface area contributed by atoms with Crippen molar-refractivity contribution < 1.29 is 52.7 Å². The Kier molecular flexibility index (Phi) is 8.72. The number of nitriles is 3. The lowest BCUT2D eigenvalue weighted by Gasteiger charge is -2.22. The van der Waals surface area contributed by atoms with E-state index in [9.17, 15) is 68.5 Å². The summed E-state index contributed by atoms with van der Waals surface area (Å²) in [7, 11) is 0. The van der Waals surface area contributed by atoms with Gasteiger partial charge in [0, 0.05) is 27.1 Å². The third-order valence-corrected chi connectivity index (χ3v) is 10.0. The van der Waals surface area contributed by atoms with Crippen molar-refractivity contribution in [3.05, 3.63) is 142 Å². The van der Waals surface area contributed by atoms with Crippen LogP contribution in [-0.4, -0.2) is 9.13 Å². The molecular weight excluding hydrogens is 814 g/mol. The fraction of sp³-hybridized carbons (Fsp3) is 0.0930. The van der Waals surface area contributed by atoms with Crippen molar-refractivity contribution >= 4 is 43.6 Å². The number of alkyl halides is 12. The van der Waals surface area contributed by atoms with Crippen LogP contribution in [0.3, 0.4) is 0 Å². The first-order valence-corrected chi connectivity index (χ1v) is 17.1. The Morgan fingerprint density at radius 2 is 0.617 bits per heavy atom. The molecule has 2 heterocycles. The summed E-state index contributed by atoms with van der Waals surface area (Å²) < 4.78 is 174. The molecule has 60 heavy (non-hydrogen) atoms. The average Bonchev–Trinajstić information content (AvgIpc) is 3.70. The Bertz CT molecular complexity index is 2900. The molecule has 5 nitrogen and oxygen atoms in total. The Hall–Kier alpha value is -7.45. The molecule has 298 valence electrons. The number of aromatic nitrogens is 2. The van der Waals surface area contributed by atoms with Crippen LogP contribution in [0.15, 0.2) is 103 Å². The number of benzene rings is 6. The highest BCUT2D eigenvalue weighted by molar-refractivity contribution is 6.12. The van der Waals surface area contributed by atoms with Gasteiger partial charge in [-0.25, -0.2) is 0 Å². The predicted octanol–water partition coefficient (Wildman–Crippen LogP) is 13.2. The summed E-state index contributed by atoms with van der Waals surface area (Å²) in [6.45, 7) is 0. The fourth-order valence-electron chi connectivity index (χ4n) is 7.49. The average molecular weight is 832 g/mol. The van der Waals surface area contributed by atoms with Gasteiger partial charge < -0.3 is 9.13 Å². The Balaban J connectivity index is 1.67. The molecular formula is C43H17F12N5. The summed E-state index contributed by atoms with van der Waals surface area (Å²) in [5.74, 6) is 0. The lowest BCUT2D eigenvalue weighted by atomic mass is 9.95. The summed E-state index contributed by atoms with van der Waals surface area (Å²) >= 11 is 0. The maximum absolute atomic E-state index is 14.3. The molecule has 0 aliphatic heterocycles. The van der Waals surface area contributed by atoms with Crippen LogP contribution in [0, 0.1) is 34.0 Å². The van der Waals surface area contributed by atoms with Gasteiger partial charge in [0.15, 0.2) is 0 Å². The zero-order valence-electron chi connectivity index (χ0n) is 29.6. The molecule has 17 heteroatoms. The van der Waals surface area contributed by atoms with Crippen molar-refractivity contribution in [2.75, 3.05) is 0 Å². The molecule has 6 aromatic carbocycles. The Morgan fingerprint density at radius 3 is 0.867 bits per heavy atom. The highest BCUT2D eigenvalue weighted by Crippen LogP contribution is 2.46. The van der Waals surface area contributed by atoms with Crippen molar-refractivity contribution in [1.82, 2.24) is 9.13 Å². The smallest absolute Gasteiger partial charge is 0.308 e. The molecule has 0 saturated carbocycles. The SMILES string of the molecule is N#Cc1cc(C#N)cc(-c2c(-n3c4cc(C(F)(F)F)ccc4c4ccc(C(F)(F)F)cc43)cc(C#N)cc2-n2c3cc(C(F)(F)F)ccc3c3ccc(C(F)(F)F)cc32)c1. The molecule has 0 aliphatic rings. The number of nitrogens with zero attached hydrogens (tertiary/aromatic N) is 5. The van der Waals surface area contributed by atoms with Crippen LogP contribution in [0.25, 0.3) is 66.1 Å². The van der Waals surface area contributed by atoms with Crippen molar-refractivity contribution in [2.45, 2.75) is 24.7 Å². The van der Waals surface area contributed by atoms with Crippen LogP contribution in [0.4, 0.5) is 52.7 Å². The summed E-state index contributed by atoms with van der Waals surface area (Å²) in [5.41, 5.74) is -8.43.